The molecule has 3 N–H and O–H groups in total. The van der Waals surface area contributed by atoms with Crippen molar-refractivity contribution in [1.82, 2.24) is 5.32 Å². The second-order valence-corrected chi connectivity index (χ2v) is 4.03. The van der Waals surface area contributed by atoms with Gasteiger partial charge in [0.2, 0.25) is 5.91 Å². The van der Waals surface area contributed by atoms with Gasteiger partial charge in [-0.2, -0.15) is 0 Å². The summed E-state index contributed by atoms with van der Waals surface area (Å²) in [5, 5.41) is 2.70. The molecule has 0 aliphatic rings. The summed E-state index contributed by atoms with van der Waals surface area (Å²) in [5.74, 6) is -0.848. The summed E-state index contributed by atoms with van der Waals surface area (Å²) in [6.07, 6.45) is 1.44. The van der Waals surface area contributed by atoms with Gasteiger partial charge < -0.3 is 15.8 Å². The highest BCUT2D eigenvalue weighted by molar-refractivity contribution is 7.80. The molecule has 0 spiro atoms. The van der Waals surface area contributed by atoms with Crippen LogP contribution in [-0.4, -0.2) is 30.0 Å². The maximum Gasteiger partial charge on any atom is 0.305 e. The van der Waals surface area contributed by atoms with Crippen molar-refractivity contribution in [3.05, 3.63) is 0 Å². The summed E-state index contributed by atoms with van der Waals surface area (Å²) in [6, 6.07) is 0. The summed E-state index contributed by atoms with van der Waals surface area (Å²) in [5.41, 5.74) is 5.44. The number of nitrogens with two attached hydrogens (primary N) is 1. The zero-order valence-corrected chi connectivity index (χ0v) is 11.1. The summed E-state index contributed by atoms with van der Waals surface area (Å²) < 4.78 is 4.76. The standard InChI is InChI=1S/C11H20N2O3S/c1-3-8(10(12)17)11(15)13-7-5-6-9(14)16-4-2/h8H,3-7H2,1-2H3,(H2,12,17)(H,13,15). The first-order valence-electron chi connectivity index (χ1n) is 5.75. The number of thiocarbonyl (C=S) groups is 1. The highest BCUT2D eigenvalue weighted by atomic mass is 32.1. The van der Waals surface area contributed by atoms with E-state index in [0.717, 1.165) is 0 Å². The fourth-order valence-electron chi connectivity index (χ4n) is 1.32. The smallest absolute Gasteiger partial charge is 0.305 e. The minimum atomic E-state index is -0.424. The largest absolute Gasteiger partial charge is 0.466 e. The van der Waals surface area contributed by atoms with Crippen LogP contribution in [0.4, 0.5) is 0 Å². The van der Waals surface area contributed by atoms with Crippen LogP contribution in [0.5, 0.6) is 0 Å². The second kappa shape index (κ2) is 8.92. The zero-order chi connectivity index (χ0) is 13.3. The number of amides is 1. The number of carbonyl (C=O) groups excluding carboxylic acids is 2. The Morgan fingerprint density at radius 1 is 1.41 bits per heavy atom. The Labute approximate surface area is 107 Å². The Morgan fingerprint density at radius 2 is 2.06 bits per heavy atom. The molecule has 5 nitrogen and oxygen atoms in total. The van der Waals surface area contributed by atoms with Crippen LogP contribution in [0, 0.1) is 5.92 Å². The van der Waals surface area contributed by atoms with E-state index in [1.165, 1.54) is 0 Å². The van der Waals surface area contributed by atoms with E-state index >= 15 is 0 Å². The average Bonchev–Trinajstić information content (AvgIpc) is 2.25. The molecule has 98 valence electrons. The Balaban J connectivity index is 3.78. The quantitative estimate of drug-likeness (QED) is 0.382. The third-order valence-electron chi connectivity index (χ3n) is 2.23. The number of carbonyl (C=O) groups is 2. The van der Waals surface area contributed by atoms with E-state index in [0.29, 0.717) is 32.4 Å². The van der Waals surface area contributed by atoms with E-state index in [-0.39, 0.29) is 16.9 Å². The maximum atomic E-state index is 11.6. The van der Waals surface area contributed by atoms with Gasteiger partial charge in [-0.1, -0.05) is 19.1 Å². The van der Waals surface area contributed by atoms with Gasteiger partial charge in [0.15, 0.2) is 0 Å². The molecule has 0 saturated heterocycles. The van der Waals surface area contributed by atoms with Crippen LogP contribution in [0.1, 0.15) is 33.1 Å². The number of nitrogens with one attached hydrogen (secondary N) is 1. The summed E-state index contributed by atoms with van der Waals surface area (Å²) in [4.78, 5) is 22.8. The van der Waals surface area contributed by atoms with Gasteiger partial charge in [0.25, 0.3) is 0 Å². The predicted molar refractivity (Wildman–Crippen MR) is 69.4 cm³/mol. The van der Waals surface area contributed by atoms with E-state index < -0.39 is 5.92 Å². The topological polar surface area (TPSA) is 81.4 Å². The van der Waals surface area contributed by atoms with Crippen LogP contribution in [0.3, 0.4) is 0 Å². The molecule has 0 aliphatic carbocycles. The maximum absolute atomic E-state index is 11.6. The van der Waals surface area contributed by atoms with Crippen molar-refractivity contribution in [2.45, 2.75) is 33.1 Å². The van der Waals surface area contributed by atoms with Crippen molar-refractivity contribution in [3.63, 3.8) is 0 Å². The van der Waals surface area contributed by atoms with Crippen LogP contribution >= 0.6 is 12.2 Å². The molecular weight excluding hydrogens is 240 g/mol. The van der Waals surface area contributed by atoms with Crippen molar-refractivity contribution in [2.75, 3.05) is 13.2 Å². The molecule has 0 bridgehead atoms. The monoisotopic (exact) mass is 260 g/mol. The van der Waals surface area contributed by atoms with Crippen molar-refractivity contribution in [1.29, 1.82) is 0 Å². The fourth-order valence-corrected chi connectivity index (χ4v) is 1.59. The third kappa shape index (κ3) is 6.88. The van der Waals surface area contributed by atoms with Crippen molar-refractivity contribution >= 4 is 29.1 Å². The van der Waals surface area contributed by atoms with Gasteiger partial charge in [-0.3, -0.25) is 9.59 Å². The van der Waals surface area contributed by atoms with Crippen LogP contribution in [0.2, 0.25) is 0 Å². The van der Waals surface area contributed by atoms with E-state index in [4.69, 9.17) is 22.7 Å². The average molecular weight is 260 g/mol. The molecule has 0 radical (unpaired) electrons. The minimum Gasteiger partial charge on any atom is -0.466 e. The molecule has 0 fully saturated rings. The van der Waals surface area contributed by atoms with Gasteiger partial charge >= 0.3 is 5.97 Å². The summed E-state index contributed by atoms with van der Waals surface area (Å²) >= 11 is 4.79. The van der Waals surface area contributed by atoms with Gasteiger partial charge in [0.1, 0.15) is 0 Å². The molecule has 0 aromatic heterocycles. The Morgan fingerprint density at radius 3 is 2.53 bits per heavy atom. The SMILES string of the molecule is CCOC(=O)CCCNC(=O)C(CC)C(N)=S. The van der Waals surface area contributed by atoms with Crippen LogP contribution in [0.15, 0.2) is 0 Å². The van der Waals surface area contributed by atoms with Gasteiger partial charge in [-0.25, -0.2) is 0 Å². The lowest BCUT2D eigenvalue weighted by Crippen LogP contribution is -2.38. The molecule has 0 rings (SSSR count). The molecule has 1 unspecified atom stereocenters. The van der Waals surface area contributed by atoms with Crippen LogP contribution in [0.25, 0.3) is 0 Å². The minimum absolute atomic E-state index is 0.177. The molecule has 1 amide bonds. The van der Waals surface area contributed by atoms with Crippen molar-refractivity contribution in [2.24, 2.45) is 11.7 Å². The van der Waals surface area contributed by atoms with E-state index in [1.54, 1.807) is 6.92 Å². The Hall–Kier alpha value is -1.17. The van der Waals surface area contributed by atoms with Crippen molar-refractivity contribution < 1.29 is 14.3 Å². The number of esters is 1. The molecule has 6 heteroatoms. The predicted octanol–water partition coefficient (Wildman–Crippen LogP) is 0.758. The lowest BCUT2D eigenvalue weighted by Gasteiger charge is -2.13. The first-order chi connectivity index (χ1) is 8.02. The van der Waals surface area contributed by atoms with E-state index in [9.17, 15) is 9.59 Å². The first-order valence-corrected chi connectivity index (χ1v) is 6.16. The van der Waals surface area contributed by atoms with Gasteiger partial charge in [-0.15, -0.1) is 0 Å². The third-order valence-corrected chi connectivity index (χ3v) is 2.51. The molecule has 0 aliphatic heterocycles. The summed E-state index contributed by atoms with van der Waals surface area (Å²) in [6.45, 7) is 4.41. The van der Waals surface area contributed by atoms with E-state index in [2.05, 4.69) is 5.32 Å². The second-order valence-electron chi connectivity index (χ2n) is 3.56. The number of ether oxygens (including phenoxy) is 1. The molecule has 0 aromatic rings. The zero-order valence-electron chi connectivity index (χ0n) is 10.3. The van der Waals surface area contributed by atoms with Crippen LogP contribution < -0.4 is 11.1 Å². The molecular formula is C11H20N2O3S. The highest BCUT2D eigenvalue weighted by Gasteiger charge is 2.18. The highest BCUT2D eigenvalue weighted by Crippen LogP contribution is 2.03. The lowest BCUT2D eigenvalue weighted by molar-refractivity contribution is -0.143. The fraction of sp³-hybridized carbons (Fsp3) is 0.727. The van der Waals surface area contributed by atoms with Gasteiger partial charge in [0.05, 0.1) is 17.5 Å². The lowest BCUT2D eigenvalue weighted by atomic mass is 10.1. The number of hydrogen-bond acceptors (Lipinski definition) is 4. The number of hydrogen-bond donors (Lipinski definition) is 2. The molecule has 0 aromatic carbocycles. The first kappa shape index (κ1) is 15.8. The van der Waals surface area contributed by atoms with Gasteiger partial charge in [-0.05, 0) is 19.8 Å². The molecule has 0 saturated carbocycles. The number of rotatable bonds is 8. The van der Waals surface area contributed by atoms with Gasteiger partial charge in [0, 0.05) is 13.0 Å². The molecule has 1 atom stereocenters. The molecule has 17 heavy (non-hydrogen) atoms. The Kier molecular flexibility index (Phi) is 8.31. The Bertz CT molecular complexity index is 282. The van der Waals surface area contributed by atoms with Crippen LogP contribution in [-0.2, 0) is 14.3 Å². The molecule has 0 heterocycles. The normalized spacial score (nSPS) is 11.6. The van der Waals surface area contributed by atoms with E-state index in [1.807, 2.05) is 6.92 Å². The summed E-state index contributed by atoms with van der Waals surface area (Å²) in [7, 11) is 0. The van der Waals surface area contributed by atoms with Crippen molar-refractivity contribution in [3.8, 4) is 0 Å².